The number of likely N-dealkylation sites (tertiary alicyclic amines) is 1. The van der Waals surface area contributed by atoms with E-state index in [1.807, 2.05) is 36.4 Å². The fourth-order valence-corrected chi connectivity index (χ4v) is 3.05. The molecule has 5 nitrogen and oxygen atoms in total. The lowest BCUT2D eigenvalue weighted by atomic mass is 10.0. The highest BCUT2D eigenvalue weighted by Gasteiger charge is 2.21. The highest BCUT2D eigenvalue weighted by molar-refractivity contribution is 5.96. The van der Waals surface area contributed by atoms with Crippen LogP contribution < -0.4 is 11.1 Å². The van der Waals surface area contributed by atoms with Gasteiger partial charge in [-0.25, -0.2) is 4.79 Å². The Morgan fingerprint density at radius 2 is 1.79 bits per heavy atom. The first-order valence-electron chi connectivity index (χ1n) is 8.14. The van der Waals surface area contributed by atoms with E-state index in [4.69, 9.17) is 5.73 Å². The van der Waals surface area contributed by atoms with Crippen molar-refractivity contribution in [2.45, 2.75) is 18.9 Å². The summed E-state index contributed by atoms with van der Waals surface area (Å²) >= 11 is 0. The Balaban J connectivity index is 1.60. The zero-order valence-electron chi connectivity index (χ0n) is 13.4. The lowest BCUT2D eigenvalue weighted by Crippen LogP contribution is -2.47. The minimum absolute atomic E-state index is 0.0882. The third-order valence-corrected chi connectivity index (χ3v) is 4.39. The number of fused-ring (bicyclic) bond motifs is 1. The van der Waals surface area contributed by atoms with Crippen molar-refractivity contribution in [2.24, 2.45) is 5.73 Å². The molecule has 3 N–H and O–H groups in total. The summed E-state index contributed by atoms with van der Waals surface area (Å²) in [6, 6.07) is 13.8. The fraction of sp³-hybridized carbons (Fsp3) is 0.263. The highest BCUT2D eigenvalue weighted by Crippen LogP contribution is 2.19. The van der Waals surface area contributed by atoms with Crippen LogP contribution in [-0.2, 0) is 4.79 Å². The minimum Gasteiger partial charge on any atom is -0.351 e. The first-order chi connectivity index (χ1) is 11.6. The van der Waals surface area contributed by atoms with Crippen LogP contribution in [0.4, 0.5) is 4.79 Å². The van der Waals surface area contributed by atoms with Gasteiger partial charge in [0.1, 0.15) is 0 Å². The summed E-state index contributed by atoms with van der Waals surface area (Å²) in [6.45, 7) is 1.18. The number of nitrogens with two attached hydrogens (primary N) is 1. The van der Waals surface area contributed by atoms with E-state index in [2.05, 4.69) is 17.4 Å². The number of carbonyl (C=O) groups excluding carboxylic acids is 2. The molecule has 3 amide bonds. The van der Waals surface area contributed by atoms with E-state index in [1.165, 1.54) is 0 Å². The lowest BCUT2D eigenvalue weighted by Gasteiger charge is -2.30. The first kappa shape index (κ1) is 16.1. The second-order valence-electron chi connectivity index (χ2n) is 6.01. The summed E-state index contributed by atoms with van der Waals surface area (Å²) in [7, 11) is 0. The molecule has 1 aliphatic rings. The maximum atomic E-state index is 12.1. The first-order valence-corrected chi connectivity index (χ1v) is 8.14. The van der Waals surface area contributed by atoms with Crippen molar-refractivity contribution in [1.82, 2.24) is 10.2 Å². The average Bonchev–Trinajstić information content (AvgIpc) is 2.60. The molecule has 1 heterocycles. The third kappa shape index (κ3) is 3.74. The number of carbonyl (C=O) groups is 2. The number of hydrogen-bond acceptors (Lipinski definition) is 2. The van der Waals surface area contributed by atoms with Crippen molar-refractivity contribution >= 4 is 28.8 Å². The van der Waals surface area contributed by atoms with Gasteiger partial charge in [-0.2, -0.15) is 0 Å². The van der Waals surface area contributed by atoms with Gasteiger partial charge >= 0.3 is 6.03 Å². The number of nitrogens with one attached hydrogen (secondary N) is 1. The summed E-state index contributed by atoms with van der Waals surface area (Å²) in [5.41, 5.74) is 6.28. The summed E-state index contributed by atoms with van der Waals surface area (Å²) in [5, 5.41) is 5.27. The molecule has 0 spiro atoms. The van der Waals surface area contributed by atoms with Gasteiger partial charge in [-0.05, 0) is 35.3 Å². The molecule has 0 atom stereocenters. The van der Waals surface area contributed by atoms with Gasteiger partial charge in [-0.1, -0.05) is 42.5 Å². The van der Waals surface area contributed by atoms with Gasteiger partial charge in [0.2, 0.25) is 5.91 Å². The summed E-state index contributed by atoms with van der Waals surface area (Å²) in [5.74, 6) is -0.111. The summed E-state index contributed by atoms with van der Waals surface area (Å²) < 4.78 is 0. The van der Waals surface area contributed by atoms with E-state index in [0.29, 0.717) is 13.1 Å². The molecule has 1 saturated heterocycles. The van der Waals surface area contributed by atoms with Crippen molar-refractivity contribution in [3.63, 3.8) is 0 Å². The molecule has 0 aromatic heterocycles. The van der Waals surface area contributed by atoms with Gasteiger partial charge in [-0.15, -0.1) is 0 Å². The van der Waals surface area contributed by atoms with E-state index in [9.17, 15) is 9.59 Å². The van der Waals surface area contributed by atoms with Crippen LogP contribution in [0.3, 0.4) is 0 Å². The molecule has 0 saturated carbocycles. The molecular formula is C19H21N3O2. The van der Waals surface area contributed by atoms with Crippen LogP contribution in [0.15, 0.2) is 48.5 Å². The molecule has 5 heteroatoms. The number of amides is 3. The Labute approximate surface area is 141 Å². The van der Waals surface area contributed by atoms with Gasteiger partial charge < -0.3 is 16.0 Å². The molecule has 0 bridgehead atoms. The molecule has 0 aliphatic carbocycles. The number of nitrogens with zero attached hydrogens (tertiary/aromatic N) is 1. The zero-order valence-corrected chi connectivity index (χ0v) is 13.4. The fourth-order valence-electron chi connectivity index (χ4n) is 3.05. The van der Waals surface area contributed by atoms with Crippen LogP contribution in [0, 0.1) is 0 Å². The molecule has 124 valence electrons. The minimum atomic E-state index is -0.393. The summed E-state index contributed by atoms with van der Waals surface area (Å²) in [6.07, 6.45) is 4.88. The van der Waals surface area contributed by atoms with Crippen molar-refractivity contribution in [1.29, 1.82) is 0 Å². The molecule has 2 aromatic rings. The van der Waals surface area contributed by atoms with Gasteiger partial charge in [0.25, 0.3) is 0 Å². The monoisotopic (exact) mass is 323 g/mol. The Kier molecular flexibility index (Phi) is 4.79. The Bertz CT molecular complexity index is 772. The van der Waals surface area contributed by atoms with Crippen LogP contribution in [-0.4, -0.2) is 36.0 Å². The molecule has 24 heavy (non-hydrogen) atoms. The van der Waals surface area contributed by atoms with Crippen molar-refractivity contribution in [3.05, 3.63) is 54.1 Å². The van der Waals surface area contributed by atoms with Gasteiger partial charge in [0, 0.05) is 25.2 Å². The quantitative estimate of drug-likeness (QED) is 0.852. The molecule has 1 fully saturated rings. The molecule has 1 aliphatic heterocycles. The number of piperidine rings is 1. The molecule has 3 rings (SSSR count). The third-order valence-electron chi connectivity index (χ3n) is 4.39. The van der Waals surface area contributed by atoms with Crippen LogP contribution in [0.5, 0.6) is 0 Å². The Morgan fingerprint density at radius 1 is 1.08 bits per heavy atom. The van der Waals surface area contributed by atoms with E-state index < -0.39 is 6.03 Å². The van der Waals surface area contributed by atoms with Crippen LogP contribution >= 0.6 is 0 Å². The Morgan fingerprint density at radius 3 is 2.54 bits per heavy atom. The maximum absolute atomic E-state index is 12.1. The Hall–Kier alpha value is -2.82. The molecular weight excluding hydrogens is 302 g/mol. The lowest BCUT2D eigenvalue weighted by molar-refractivity contribution is -0.117. The van der Waals surface area contributed by atoms with Crippen LogP contribution in [0.25, 0.3) is 16.8 Å². The highest BCUT2D eigenvalue weighted by atomic mass is 16.2. The van der Waals surface area contributed by atoms with Crippen molar-refractivity contribution in [2.75, 3.05) is 13.1 Å². The standard InChI is InChI=1S/C19H21N3O2/c20-19(24)22-12-10-16(11-13-22)21-18(23)9-8-15-6-3-5-14-4-1-2-7-17(14)15/h1-9,16H,10-13H2,(H2,20,24)(H,21,23). The van der Waals surface area contributed by atoms with E-state index in [-0.39, 0.29) is 11.9 Å². The van der Waals surface area contributed by atoms with E-state index in [1.54, 1.807) is 11.0 Å². The number of benzene rings is 2. The van der Waals surface area contributed by atoms with Crippen LogP contribution in [0.2, 0.25) is 0 Å². The number of urea groups is 1. The van der Waals surface area contributed by atoms with Crippen LogP contribution in [0.1, 0.15) is 18.4 Å². The number of primary amides is 1. The maximum Gasteiger partial charge on any atom is 0.314 e. The summed E-state index contributed by atoms with van der Waals surface area (Å²) in [4.78, 5) is 24.8. The predicted molar refractivity (Wildman–Crippen MR) is 95.3 cm³/mol. The molecule has 2 aromatic carbocycles. The van der Waals surface area contributed by atoms with E-state index in [0.717, 1.165) is 29.2 Å². The van der Waals surface area contributed by atoms with Crippen molar-refractivity contribution in [3.8, 4) is 0 Å². The second kappa shape index (κ2) is 7.17. The second-order valence-corrected chi connectivity index (χ2v) is 6.01. The van der Waals surface area contributed by atoms with Gasteiger partial charge in [-0.3, -0.25) is 4.79 Å². The predicted octanol–water partition coefficient (Wildman–Crippen LogP) is 2.51. The number of rotatable bonds is 3. The topological polar surface area (TPSA) is 75.4 Å². The zero-order chi connectivity index (χ0) is 16.9. The van der Waals surface area contributed by atoms with Gasteiger partial charge in [0.15, 0.2) is 0 Å². The largest absolute Gasteiger partial charge is 0.351 e. The van der Waals surface area contributed by atoms with Gasteiger partial charge in [0.05, 0.1) is 0 Å². The molecule has 0 radical (unpaired) electrons. The average molecular weight is 323 g/mol. The smallest absolute Gasteiger partial charge is 0.314 e. The number of hydrogen-bond donors (Lipinski definition) is 2. The normalized spacial score (nSPS) is 15.8. The van der Waals surface area contributed by atoms with Crippen molar-refractivity contribution < 1.29 is 9.59 Å². The van der Waals surface area contributed by atoms with E-state index >= 15 is 0 Å². The SMILES string of the molecule is NC(=O)N1CCC(NC(=O)C=Cc2cccc3ccccc23)CC1. The molecule has 0 unspecified atom stereocenters.